The van der Waals surface area contributed by atoms with Crippen LogP contribution in [-0.2, 0) is 19.3 Å². The molecule has 3 aromatic rings. The fourth-order valence-corrected chi connectivity index (χ4v) is 4.52. The van der Waals surface area contributed by atoms with Gasteiger partial charge in [-0.1, -0.05) is 49.8 Å². The second-order valence-electron chi connectivity index (χ2n) is 8.70. The number of aryl methyl sites for hydroxylation is 1. The van der Waals surface area contributed by atoms with E-state index in [9.17, 15) is 13.2 Å². The highest BCUT2D eigenvalue weighted by Gasteiger charge is 2.25. The molecule has 0 bridgehead atoms. The van der Waals surface area contributed by atoms with Crippen molar-refractivity contribution in [3.05, 3.63) is 105 Å². The SMILES string of the molecule is CCCCCc1ccc(C2CCc3c(ccc(C#Cc4ccc(F)c(F)c4)c3F)C2)c(F)c1. The van der Waals surface area contributed by atoms with E-state index in [1.807, 2.05) is 18.2 Å². The molecule has 3 aromatic carbocycles. The number of hydrogen-bond donors (Lipinski definition) is 0. The number of halogens is 4. The van der Waals surface area contributed by atoms with E-state index in [4.69, 9.17) is 0 Å². The minimum absolute atomic E-state index is 0.0146. The van der Waals surface area contributed by atoms with Crippen LogP contribution in [0.5, 0.6) is 0 Å². The molecule has 0 nitrogen and oxygen atoms in total. The van der Waals surface area contributed by atoms with Gasteiger partial charge in [0.2, 0.25) is 0 Å². The van der Waals surface area contributed by atoms with E-state index in [0.29, 0.717) is 30.4 Å². The lowest BCUT2D eigenvalue weighted by Gasteiger charge is -2.26. The average molecular weight is 451 g/mol. The summed E-state index contributed by atoms with van der Waals surface area (Å²) in [5.74, 6) is 2.95. The Labute approximate surface area is 192 Å². The summed E-state index contributed by atoms with van der Waals surface area (Å²) in [4.78, 5) is 0. The molecule has 0 fully saturated rings. The molecule has 1 aliphatic carbocycles. The van der Waals surface area contributed by atoms with Crippen molar-refractivity contribution < 1.29 is 17.6 Å². The summed E-state index contributed by atoms with van der Waals surface area (Å²) in [5.41, 5.74) is 3.70. The Balaban J connectivity index is 1.51. The van der Waals surface area contributed by atoms with E-state index >= 15 is 4.39 Å². The second kappa shape index (κ2) is 10.3. The third-order valence-electron chi connectivity index (χ3n) is 6.38. The van der Waals surface area contributed by atoms with Crippen LogP contribution in [-0.4, -0.2) is 0 Å². The van der Waals surface area contributed by atoms with Gasteiger partial charge in [0.15, 0.2) is 11.6 Å². The molecule has 4 rings (SSSR count). The quantitative estimate of drug-likeness (QED) is 0.213. The van der Waals surface area contributed by atoms with E-state index in [1.165, 1.54) is 6.07 Å². The summed E-state index contributed by atoms with van der Waals surface area (Å²) in [6, 6.07) is 12.4. The van der Waals surface area contributed by atoms with Gasteiger partial charge in [0.1, 0.15) is 11.6 Å². The topological polar surface area (TPSA) is 0 Å². The van der Waals surface area contributed by atoms with Crippen LogP contribution in [0.4, 0.5) is 17.6 Å². The smallest absolute Gasteiger partial charge is 0.160 e. The van der Waals surface area contributed by atoms with E-state index in [1.54, 1.807) is 12.1 Å². The van der Waals surface area contributed by atoms with Gasteiger partial charge in [-0.15, -0.1) is 0 Å². The summed E-state index contributed by atoms with van der Waals surface area (Å²) >= 11 is 0. The molecule has 33 heavy (non-hydrogen) atoms. The Bertz CT molecular complexity index is 1220. The van der Waals surface area contributed by atoms with Gasteiger partial charge in [-0.25, -0.2) is 17.6 Å². The van der Waals surface area contributed by atoms with Gasteiger partial charge in [-0.05, 0) is 90.6 Å². The minimum Gasteiger partial charge on any atom is -0.207 e. The van der Waals surface area contributed by atoms with Gasteiger partial charge in [0, 0.05) is 5.56 Å². The molecule has 0 heterocycles. The standard InChI is InChI=1S/C29H26F4/c1-2-3-4-5-19-7-13-24(27(31)16-19)22-12-14-25-23(18-22)11-10-21(29(25)33)9-6-20-8-15-26(30)28(32)17-20/h7-8,10-11,13,15-17,22H,2-5,12,14,18H2,1H3. The molecule has 0 aliphatic heterocycles. The number of benzene rings is 3. The third-order valence-corrected chi connectivity index (χ3v) is 6.38. The van der Waals surface area contributed by atoms with Gasteiger partial charge in [-0.3, -0.25) is 0 Å². The van der Waals surface area contributed by atoms with E-state index in [-0.39, 0.29) is 28.7 Å². The zero-order valence-electron chi connectivity index (χ0n) is 18.7. The fourth-order valence-electron chi connectivity index (χ4n) is 4.52. The van der Waals surface area contributed by atoms with Crippen LogP contribution in [0.25, 0.3) is 0 Å². The molecule has 1 atom stereocenters. The first kappa shape index (κ1) is 23.1. The molecule has 0 radical (unpaired) electrons. The van der Waals surface area contributed by atoms with Crippen molar-refractivity contribution in [1.82, 2.24) is 0 Å². The summed E-state index contributed by atoms with van der Waals surface area (Å²) in [6.45, 7) is 2.15. The maximum absolute atomic E-state index is 15.1. The predicted octanol–water partition coefficient (Wildman–Crippen LogP) is 7.65. The summed E-state index contributed by atoms with van der Waals surface area (Å²) in [7, 11) is 0. The van der Waals surface area contributed by atoms with Gasteiger partial charge >= 0.3 is 0 Å². The van der Waals surface area contributed by atoms with Crippen LogP contribution in [0.2, 0.25) is 0 Å². The van der Waals surface area contributed by atoms with Gasteiger partial charge < -0.3 is 0 Å². The minimum atomic E-state index is -0.986. The molecule has 0 amide bonds. The molecule has 0 saturated heterocycles. The van der Waals surface area contributed by atoms with Gasteiger partial charge in [0.05, 0.1) is 5.56 Å². The Morgan fingerprint density at radius 2 is 1.70 bits per heavy atom. The zero-order valence-corrected chi connectivity index (χ0v) is 18.7. The van der Waals surface area contributed by atoms with Crippen molar-refractivity contribution in [2.75, 3.05) is 0 Å². The average Bonchev–Trinajstić information content (AvgIpc) is 2.81. The molecule has 0 aromatic heterocycles. The maximum atomic E-state index is 15.1. The van der Waals surface area contributed by atoms with Crippen molar-refractivity contribution in [2.24, 2.45) is 0 Å². The molecule has 0 saturated carbocycles. The summed E-state index contributed by atoms with van der Waals surface area (Å²) in [6.07, 6.45) is 5.97. The van der Waals surface area contributed by atoms with Crippen molar-refractivity contribution in [1.29, 1.82) is 0 Å². The Morgan fingerprint density at radius 1 is 0.848 bits per heavy atom. The first-order valence-corrected chi connectivity index (χ1v) is 11.5. The highest BCUT2D eigenvalue weighted by atomic mass is 19.2. The van der Waals surface area contributed by atoms with Crippen LogP contribution in [0.1, 0.15) is 71.9 Å². The van der Waals surface area contributed by atoms with Gasteiger partial charge in [0.25, 0.3) is 0 Å². The molecule has 0 N–H and O–H groups in total. The third kappa shape index (κ3) is 5.30. The van der Waals surface area contributed by atoms with E-state index < -0.39 is 11.6 Å². The lowest BCUT2D eigenvalue weighted by Crippen LogP contribution is -2.16. The number of rotatable bonds is 5. The van der Waals surface area contributed by atoms with Crippen LogP contribution < -0.4 is 0 Å². The van der Waals surface area contributed by atoms with Crippen LogP contribution in [0.15, 0.2) is 48.5 Å². The Kier molecular flexibility index (Phi) is 7.18. The van der Waals surface area contributed by atoms with Crippen LogP contribution >= 0.6 is 0 Å². The number of hydrogen-bond acceptors (Lipinski definition) is 0. The zero-order chi connectivity index (χ0) is 23.4. The fraction of sp³-hybridized carbons (Fsp3) is 0.310. The summed E-state index contributed by atoms with van der Waals surface area (Å²) in [5, 5.41) is 0. The first-order valence-electron chi connectivity index (χ1n) is 11.5. The van der Waals surface area contributed by atoms with Crippen molar-refractivity contribution in [2.45, 2.75) is 57.8 Å². The molecule has 4 heteroatoms. The van der Waals surface area contributed by atoms with Crippen LogP contribution in [0.3, 0.4) is 0 Å². The second-order valence-corrected chi connectivity index (χ2v) is 8.70. The highest BCUT2D eigenvalue weighted by molar-refractivity contribution is 5.48. The Hall–Kier alpha value is -3.06. The van der Waals surface area contributed by atoms with Crippen molar-refractivity contribution in [3.63, 3.8) is 0 Å². The molecule has 0 spiro atoms. The lowest BCUT2D eigenvalue weighted by atomic mass is 9.79. The number of fused-ring (bicyclic) bond motifs is 1. The summed E-state index contributed by atoms with van der Waals surface area (Å²) < 4.78 is 56.4. The molecule has 1 aliphatic rings. The van der Waals surface area contributed by atoms with Gasteiger partial charge in [-0.2, -0.15) is 0 Å². The van der Waals surface area contributed by atoms with E-state index in [0.717, 1.165) is 48.9 Å². The lowest BCUT2D eigenvalue weighted by molar-refractivity contribution is 0.508. The molecular formula is C29H26F4. The van der Waals surface area contributed by atoms with Crippen LogP contribution in [0, 0.1) is 35.1 Å². The largest absolute Gasteiger partial charge is 0.207 e. The molecule has 1 unspecified atom stereocenters. The monoisotopic (exact) mass is 450 g/mol. The van der Waals surface area contributed by atoms with E-state index in [2.05, 4.69) is 18.8 Å². The predicted molar refractivity (Wildman–Crippen MR) is 123 cm³/mol. The highest BCUT2D eigenvalue weighted by Crippen LogP contribution is 2.36. The molecule has 170 valence electrons. The molecular weight excluding hydrogens is 424 g/mol. The van der Waals surface area contributed by atoms with Crippen molar-refractivity contribution in [3.8, 4) is 11.8 Å². The van der Waals surface area contributed by atoms with Crippen molar-refractivity contribution >= 4 is 0 Å². The normalized spacial score (nSPS) is 15.0. The Morgan fingerprint density at radius 3 is 2.45 bits per heavy atom. The maximum Gasteiger partial charge on any atom is 0.160 e. The first-order chi connectivity index (χ1) is 16.0. The number of unbranched alkanes of at least 4 members (excludes halogenated alkanes) is 2.